The van der Waals surface area contributed by atoms with Gasteiger partial charge in [-0.15, -0.1) is 0 Å². The zero-order valence-electron chi connectivity index (χ0n) is 11.9. The van der Waals surface area contributed by atoms with E-state index < -0.39 is 0 Å². The van der Waals surface area contributed by atoms with Gasteiger partial charge in [0.15, 0.2) is 0 Å². The van der Waals surface area contributed by atoms with Crippen molar-refractivity contribution < 1.29 is 37.0 Å². The summed E-state index contributed by atoms with van der Waals surface area (Å²) in [6.45, 7) is 10.4. The fraction of sp³-hybridized carbons (Fsp3) is 0.917. The van der Waals surface area contributed by atoms with Crippen molar-refractivity contribution in [1.82, 2.24) is 0 Å². The van der Waals surface area contributed by atoms with E-state index >= 15 is 0 Å². The zero-order valence-corrected chi connectivity index (χ0v) is 13.5. The molecule has 17 heavy (non-hydrogen) atoms. The van der Waals surface area contributed by atoms with Crippen molar-refractivity contribution in [1.29, 1.82) is 0 Å². The van der Waals surface area contributed by atoms with Gasteiger partial charge in [0.05, 0.1) is 0 Å². The SMILES string of the molecule is CCCO.CCCO.CCCO.CC[CH-]N.[Ti]. The van der Waals surface area contributed by atoms with Crippen LogP contribution in [0.25, 0.3) is 0 Å². The maximum absolute atomic E-state index is 7.88. The van der Waals surface area contributed by atoms with Crippen molar-refractivity contribution in [2.75, 3.05) is 19.8 Å². The summed E-state index contributed by atoms with van der Waals surface area (Å²) >= 11 is 0. The fourth-order valence-electron chi connectivity index (χ4n) is 0. The summed E-state index contributed by atoms with van der Waals surface area (Å²) in [7, 11) is 0. The Bertz CT molecular complexity index is 45.7. The molecule has 0 heterocycles. The van der Waals surface area contributed by atoms with E-state index in [1.807, 2.05) is 27.7 Å². The molecule has 0 unspecified atom stereocenters. The van der Waals surface area contributed by atoms with Crippen LogP contribution in [0.2, 0.25) is 0 Å². The second-order valence-corrected chi connectivity index (χ2v) is 2.81. The first-order valence-electron chi connectivity index (χ1n) is 6.02. The molecule has 0 spiro atoms. The van der Waals surface area contributed by atoms with E-state index in [9.17, 15) is 0 Å². The van der Waals surface area contributed by atoms with Gasteiger partial charge in [-0.05, 0) is 19.3 Å². The molecular formula is C12H32NO3Ti-. The molecule has 5 N–H and O–H groups in total. The first-order chi connectivity index (χ1) is 7.66. The van der Waals surface area contributed by atoms with Crippen LogP contribution in [-0.4, -0.2) is 35.1 Å². The van der Waals surface area contributed by atoms with Crippen LogP contribution < -0.4 is 5.73 Å². The molecule has 0 bridgehead atoms. The van der Waals surface area contributed by atoms with Crippen molar-refractivity contribution in [3.05, 3.63) is 6.54 Å². The molecule has 0 fully saturated rings. The van der Waals surface area contributed by atoms with Gasteiger partial charge < -0.3 is 21.1 Å². The van der Waals surface area contributed by atoms with Crippen LogP contribution >= 0.6 is 0 Å². The monoisotopic (exact) mass is 286 g/mol. The minimum Gasteiger partial charge on any atom is -0.483 e. The Labute approximate surface area is 122 Å². The molecule has 0 rings (SSSR count). The molecule has 0 aromatic carbocycles. The van der Waals surface area contributed by atoms with Crippen LogP contribution in [0.1, 0.15) is 53.4 Å². The van der Waals surface area contributed by atoms with Gasteiger partial charge in [0.1, 0.15) is 0 Å². The summed E-state index contributed by atoms with van der Waals surface area (Å²) in [4.78, 5) is 0. The van der Waals surface area contributed by atoms with Crippen LogP contribution in [0.4, 0.5) is 0 Å². The first-order valence-corrected chi connectivity index (χ1v) is 6.02. The Morgan fingerprint density at radius 2 is 0.882 bits per heavy atom. The molecule has 4 nitrogen and oxygen atoms in total. The van der Waals surface area contributed by atoms with Gasteiger partial charge in [0.2, 0.25) is 0 Å². The van der Waals surface area contributed by atoms with Gasteiger partial charge in [0, 0.05) is 41.5 Å². The van der Waals surface area contributed by atoms with E-state index in [1.165, 1.54) is 0 Å². The van der Waals surface area contributed by atoms with Crippen molar-refractivity contribution in [2.24, 2.45) is 5.73 Å². The van der Waals surface area contributed by atoms with Crippen molar-refractivity contribution in [3.8, 4) is 0 Å². The number of nitrogens with two attached hydrogens (primary N) is 1. The molecule has 0 saturated heterocycles. The molecule has 0 radical (unpaired) electrons. The Balaban J connectivity index is -0.0000000369. The Morgan fingerprint density at radius 1 is 0.765 bits per heavy atom. The third kappa shape index (κ3) is 169. The summed E-state index contributed by atoms with van der Waals surface area (Å²) in [5.74, 6) is 0. The molecule has 0 saturated carbocycles. The van der Waals surface area contributed by atoms with Gasteiger partial charge in [0.25, 0.3) is 0 Å². The van der Waals surface area contributed by atoms with Crippen molar-refractivity contribution in [2.45, 2.75) is 53.4 Å². The smallest absolute Gasteiger partial charge is 0.0428 e. The molecule has 108 valence electrons. The predicted octanol–water partition coefficient (Wildman–Crippen LogP) is 1.68. The number of hydrogen-bond acceptors (Lipinski definition) is 4. The Kier molecular flexibility index (Phi) is 98.3. The van der Waals surface area contributed by atoms with Crippen molar-refractivity contribution in [3.63, 3.8) is 0 Å². The first kappa shape index (κ1) is 30.5. The fourth-order valence-corrected chi connectivity index (χ4v) is 0. The Hall–Kier alpha value is 0.554. The van der Waals surface area contributed by atoms with E-state index in [1.54, 1.807) is 6.54 Å². The largest absolute Gasteiger partial charge is 0.483 e. The normalized spacial score (nSPS) is 7.06. The summed E-state index contributed by atoms with van der Waals surface area (Å²) in [6, 6.07) is 0. The summed E-state index contributed by atoms with van der Waals surface area (Å²) < 4.78 is 0. The van der Waals surface area contributed by atoms with Crippen LogP contribution in [0.5, 0.6) is 0 Å². The quantitative estimate of drug-likeness (QED) is 0.468. The van der Waals surface area contributed by atoms with Crippen LogP contribution in [0, 0.1) is 6.54 Å². The van der Waals surface area contributed by atoms with Gasteiger partial charge >= 0.3 is 0 Å². The Morgan fingerprint density at radius 3 is 0.882 bits per heavy atom. The second kappa shape index (κ2) is 54.7. The maximum atomic E-state index is 7.88. The standard InChI is InChI=1S/C3H8N.3C3H8O.Ti/c4*1-2-3-4;/h3H,2,4H2,1H3;3*4H,2-3H2,1H3;/q-1;;;;. The maximum Gasteiger partial charge on any atom is 0.0428 e. The average molecular weight is 286 g/mol. The third-order valence-electron chi connectivity index (χ3n) is 0.907. The van der Waals surface area contributed by atoms with E-state index in [0.717, 1.165) is 25.7 Å². The topological polar surface area (TPSA) is 86.7 Å². The molecule has 0 amide bonds. The molecule has 0 atom stereocenters. The number of aliphatic hydroxyl groups is 3. The molecule has 0 aromatic heterocycles. The van der Waals surface area contributed by atoms with Crippen LogP contribution in [0.3, 0.4) is 0 Å². The van der Waals surface area contributed by atoms with Crippen LogP contribution in [-0.2, 0) is 21.7 Å². The molecule has 0 aliphatic carbocycles. The van der Waals surface area contributed by atoms with E-state index in [0.29, 0.717) is 19.8 Å². The molecule has 5 heteroatoms. The third-order valence-corrected chi connectivity index (χ3v) is 0.907. The minimum absolute atomic E-state index is 0. The zero-order chi connectivity index (χ0) is 13.7. The van der Waals surface area contributed by atoms with Gasteiger partial charge in [-0.3, -0.25) is 6.54 Å². The number of hydrogen-bond donors (Lipinski definition) is 4. The molecule has 0 aliphatic heterocycles. The van der Waals surface area contributed by atoms with Gasteiger partial charge in [-0.1, -0.05) is 27.7 Å². The summed E-state index contributed by atoms with van der Waals surface area (Å²) in [5, 5.41) is 23.6. The molecule has 0 aromatic rings. The van der Waals surface area contributed by atoms with E-state index in [-0.39, 0.29) is 21.7 Å². The van der Waals surface area contributed by atoms with Crippen LogP contribution in [0.15, 0.2) is 0 Å². The van der Waals surface area contributed by atoms with E-state index in [2.05, 4.69) is 0 Å². The summed E-state index contributed by atoms with van der Waals surface area (Å²) in [5.41, 5.74) is 4.90. The average Bonchev–Trinajstić information content (AvgIpc) is 2.39. The molecule has 0 aliphatic rings. The predicted molar refractivity (Wildman–Crippen MR) is 70.9 cm³/mol. The van der Waals surface area contributed by atoms with E-state index in [4.69, 9.17) is 21.1 Å². The molecular weight excluding hydrogens is 254 g/mol. The van der Waals surface area contributed by atoms with Gasteiger partial charge in [-0.25, -0.2) is 0 Å². The van der Waals surface area contributed by atoms with Gasteiger partial charge in [-0.2, -0.15) is 6.42 Å². The second-order valence-electron chi connectivity index (χ2n) is 2.81. The minimum atomic E-state index is 0. The van der Waals surface area contributed by atoms with Crippen molar-refractivity contribution >= 4 is 0 Å². The summed E-state index contributed by atoms with van der Waals surface area (Å²) in [6.07, 6.45) is 3.60. The number of aliphatic hydroxyl groups excluding tert-OH is 3. The number of rotatable bonds is 4.